The number of pyridine rings is 1. The van der Waals surface area contributed by atoms with Crippen LogP contribution in [-0.4, -0.2) is 23.4 Å². The fourth-order valence-corrected chi connectivity index (χ4v) is 1.88. The predicted octanol–water partition coefficient (Wildman–Crippen LogP) is 1.96. The highest BCUT2D eigenvalue weighted by Gasteiger charge is 2.14. The van der Waals surface area contributed by atoms with Crippen LogP contribution in [0.25, 0.3) is 0 Å². The average molecular weight is 283 g/mol. The lowest BCUT2D eigenvalue weighted by Crippen LogP contribution is -2.19. The smallest absolute Gasteiger partial charge is 0.272 e. The van der Waals surface area contributed by atoms with E-state index >= 15 is 0 Å². The summed E-state index contributed by atoms with van der Waals surface area (Å²) in [4.78, 5) is 15.8. The van der Waals surface area contributed by atoms with Gasteiger partial charge in [-0.25, -0.2) is 5.43 Å². The number of fused-ring (bicyclic) bond motifs is 1. The number of carbonyl (C=O) groups is 1. The highest BCUT2D eigenvalue weighted by atomic mass is 16.7. The fraction of sp³-hybridized carbons (Fsp3) is 0.133. The zero-order valence-electron chi connectivity index (χ0n) is 11.4. The van der Waals surface area contributed by atoms with Crippen LogP contribution < -0.4 is 14.9 Å². The number of nitrogens with one attached hydrogen (secondary N) is 1. The van der Waals surface area contributed by atoms with Gasteiger partial charge in [0.1, 0.15) is 0 Å². The Balaban J connectivity index is 1.73. The summed E-state index contributed by atoms with van der Waals surface area (Å²) in [6, 6.07) is 8.89. The Labute approximate surface area is 121 Å². The maximum absolute atomic E-state index is 11.9. The van der Waals surface area contributed by atoms with Crippen molar-refractivity contribution in [2.24, 2.45) is 5.10 Å². The number of nitrogens with zero attached hydrogens (tertiary/aromatic N) is 2. The number of amides is 1. The molecule has 0 spiro atoms. The van der Waals surface area contributed by atoms with Crippen LogP contribution in [0.1, 0.15) is 22.8 Å². The van der Waals surface area contributed by atoms with E-state index in [1.807, 2.05) is 18.2 Å². The van der Waals surface area contributed by atoms with Crippen LogP contribution in [0.5, 0.6) is 11.5 Å². The molecule has 1 aromatic heterocycles. The van der Waals surface area contributed by atoms with Crippen molar-refractivity contribution in [3.63, 3.8) is 0 Å². The number of ether oxygens (including phenoxy) is 2. The highest BCUT2D eigenvalue weighted by molar-refractivity contribution is 6.01. The molecule has 0 saturated heterocycles. The van der Waals surface area contributed by atoms with Crippen molar-refractivity contribution < 1.29 is 14.3 Å². The number of carbonyl (C=O) groups excluding carboxylic acids is 1. The number of aromatic nitrogens is 1. The summed E-state index contributed by atoms with van der Waals surface area (Å²) >= 11 is 0. The third-order valence-corrected chi connectivity index (χ3v) is 3.04. The van der Waals surface area contributed by atoms with Crippen LogP contribution in [0.4, 0.5) is 0 Å². The van der Waals surface area contributed by atoms with Crippen LogP contribution >= 0.6 is 0 Å². The molecule has 1 aliphatic rings. The first-order chi connectivity index (χ1) is 10.2. The van der Waals surface area contributed by atoms with Crippen molar-refractivity contribution in [3.05, 3.63) is 53.9 Å². The molecule has 1 aliphatic heterocycles. The summed E-state index contributed by atoms with van der Waals surface area (Å²) in [7, 11) is 0. The molecule has 1 amide bonds. The minimum absolute atomic E-state index is 0.229. The molecular weight excluding hydrogens is 270 g/mol. The standard InChI is InChI=1S/C15H13N3O3/c1-10(11-4-5-13-14(7-11)21-9-20-13)17-18-15(19)12-3-2-6-16-8-12/h2-8H,9H2,1H3,(H,18,19)/b17-10+. The largest absolute Gasteiger partial charge is 0.454 e. The van der Waals surface area contributed by atoms with E-state index in [4.69, 9.17) is 9.47 Å². The van der Waals surface area contributed by atoms with Crippen molar-refractivity contribution in [2.45, 2.75) is 6.92 Å². The first-order valence-corrected chi connectivity index (χ1v) is 6.39. The van der Waals surface area contributed by atoms with Gasteiger partial charge in [0.15, 0.2) is 11.5 Å². The molecule has 0 aliphatic carbocycles. The number of rotatable bonds is 3. The fourth-order valence-electron chi connectivity index (χ4n) is 1.88. The topological polar surface area (TPSA) is 72.8 Å². The Bertz CT molecular complexity index is 699. The minimum atomic E-state index is -0.303. The summed E-state index contributed by atoms with van der Waals surface area (Å²) in [5.41, 5.74) is 4.48. The van der Waals surface area contributed by atoms with Crippen molar-refractivity contribution >= 4 is 11.6 Å². The van der Waals surface area contributed by atoms with Crippen molar-refractivity contribution in [1.29, 1.82) is 0 Å². The molecule has 0 unspecified atom stereocenters. The van der Waals surface area contributed by atoms with Crippen LogP contribution in [0.3, 0.4) is 0 Å². The molecule has 0 atom stereocenters. The van der Waals surface area contributed by atoms with E-state index in [0.717, 1.165) is 5.56 Å². The van der Waals surface area contributed by atoms with E-state index in [1.54, 1.807) is 25.3 Å². The molecule has 6 nitrogen and oxygen atoms in total. The average Bonchev–Trinajstić information content (AvgIpc) is 3.00. The van der Waals surface area contributed by atoms with Gasteiger partial charge in [-0.15, -0.1) is 0 Å². The zero-order valence-corrected chi connectivity index (χ0v) is 11.4. The number of benzene rings is 1. The summed E-state index contributed by atoms with van der Waals surface area (Å²) < 4.78 is 10.6. The molecule has 1 aromatic carbocycles. The van der Waals surface area contributed by atoms with Gasteiger partial charge in [-0.05, 0) is 37.3 Å². The molecule has 21 heavy (non-hydrogen) atoms. The Morgan fingerprint density at radius 2 is 2.10 bits per heavy atom. The van der Waals surface area contributed by atoms with E-state index in [-0.39, 0.29) is 12.7 Å². The number of hydrazone groups is 1. The van der Waals surface area contributed by atoms with Crippen LogP contribution in [0.2, 0.25) is 0 Å². The highest BCUT2D eigenvalue weighted by Crippen LogP contribution is 2.32. The first-order valence-electron chi connectivity index (χ1n) is 6.39. The van der Waals surface area contributed by atoms with Gasteiger partial charge in [-0.3, -0.25) is 9.78 Å². The van der Waals surface area contributed by atoms with E-state index in [1.165, 1.54) is 6.20 Å². The molecule has 0 bridgehead atoms. The van der Waals surface area contributed by atoms with E-state index in [2.05, 4.69) is 15.5 Å². The van der Waals surface area contributed by atoms with E-state index in [9.17, 15) is 4.79 Å². The third kappa shape index (κ3) is 2.84. The van der Waals surface area contributed by atoms with Crippen molar-refractivity contribution in [3.8, 4) is 11.5 Å². The molecule has 0 radical (unpaired) electrons. The molecule has 106 valence electrons. The lowest BCUT2D eigenvalue weighted by Gasteiger charge is -2.04. The van der Waals surface area contributed by atoms with Gasteiger partial charge in [0, 0.05) is 18.0 Å². The third-order valence-electron chi connectivity index (χ3n) is 3.04. The second-order valence-corrected chi connectivity index (χ2v) is 4.45. The zero-order chi connectivity index (χ0) is 14.7. The first kappa shape index (κ1) is 13.1. The van der Waals surface area contributed by atoms with Crippen LogP contribution in [0.15, 0.2) is 47.8 Å². The number of hydrogen-bond acceptors (Lipinski definition) is 5. The molecule has 0 fully saturated rings. The molecule has 2 aromatic rings. The Morgan fingerprint density at radius 1 is 1.24 bits per heavy atom. The van der Waals surface area contributed by atoms with Gasteiger partial charge >= 0.3 is 0 Å². The van der Waals surface area contributed by atoms with Gasteiger partial charge < -0.3 is 9.47 Å². The van der Waals surface area contributed by atoms with Gasteiger partial charge in [-0.1, -0.05) is 0 Å². The maximum atomic E-state index is 11.9. The van der Waals surface area contributed by atoms with Gasteiger partial charge in [-0.2, -0.15) is 5.10 Å². The summed E-state index contributed by atoms with van der Waals surface area (Å²) in [6.45, 7) is 2.04. The van der Waals surface area contributed by atoms with Gasteiger partial charge in [0.05, 0.1) is 11.3 Å². The Kier molecular flexibility index (Phi) is 3.51. The SMILES string of the molecule is C/C(=N\NC(=O)c1cccnc1)c1ccc2c(c1)OCO2. The van der Waals surface area contributed by atoms with Gasteiger partial charge in [0.2, 0.25) is 6.79 Å². The summed E-state index contributed by atoms with van der Waals surface area (Å²) in [5.74, 6) is 1.09. The van der Waals surface area contributed by atoms with Gasteiger partial charge in [0.25, 0.3) is 5.91 Å². The van der Waals surface area contributed by atoms with E-state index < -0.39 is 0 Å². The molecule has 6 heteroatoms. The molecule has 3 rings (SSSR count). The summed E-state index contributed by atoms with van der Waals surface area (Å²) in [6.07, 6.45) is 3.10. The monoisotopic (exact) mass is 283 g/mol. The Morgan fingerprint density at radius 3 is 2.90 bits per heavy atom. The lowest BCUT2D eigenvalue weighted by atomic mass is 10.1. The van der Waals surface area contributed by atoms with Crippen molar-refractivity contribution in [2.75, 3.05) is 6.79 Å². The molecule has 2 heterocycles. The molecule has 1 N–H and O–H groups in total. The maximum Gasteiger partial charge on any atom is 0.272 e. The van der Waals surface area contributed by atoms with E-state index in [0.29, 0.717) is 22.8 Å². The minimum Gasteiger partial charge on any atom is -0.454 e. The molecular formula is C15H13N3O3. The van der Waals surface area contributed by atoms with Crippen LogP contribution in [0, 0.1) is 0 Å². The predicted molar refractivity (Wildman–Crippen MR) is 76.5 cm³/mol. The number of hydrogen-bond donors (Lipinski definition) is 1. The second-order valence-electron chi connectivity index (χ2n) is 4.45. The lowest BCUT2D eigenvalue weighted by molar-refractivity contribution is 0.0954. The second kappa shape index (κ2) is 5.62. The van der Waals surface area contributed by atoms with Crippen molar-refractivity contribution in [1.82, 2.24) is 10.4 Å². The van der Waals surface area contributed by atoms with Crippen LogP contribution in [-0.2, 0) is 0 Å². The summed E-state index contributed by atoms with van der Waals surface area (Å²) in [5, 5.41) is 4.09. The quantitative estimate of drug-likeness (QED) is 0.690. The molecule has 0 saturated carbocycles. The normalized spacial score (nSPS) is 13.1. The Hall–Kier alpha value is -2.89.